The van der Waals surface area contributed by atoms with Gasteiger partial charge in [-0.3, -0.25) is 0 Å². The van der Waals surface area contributed by atoms with Crippen molar-refractivity contribution in [3.8, 4) is 11.8 Å². The van der Waals surface area contributed by atoms with Crippen molar-refractivity contribution in [2.45, 2.75) is 38.5 Å². The van der Waals surface area contributed by atoms with Crippen molar-refractivity contribution in [2.75, 3.05) is 12.4 Å². The molecule has 0 saturated heterocycles. The number of hydrogen-bond donors (Lipinski definition) is 0. The van der Waals surface area contributed by atoms with Gasteiger partial charge in [0.05, 0.1) is 6.61 Å². The first-order chi connectivity index (χ1) is 8.72. The van der Waals surface area contributed by atoms with Gasteiger partial charge in [-0.05, 0) is 30.2 Å². The highest BCUT2D eigenvalue weighted by Gasteiger charge is 2.10. The molecule has 0 saturated carbocycles. The summed E-state index contributed by atoms with van der Waals surface area (Å²) in [7, 11) is 0. The van der Waals surface area contributed by atoms with Crippen molar-refractivity contribution in [1.29, 1.82) is 5.26 Å². The highest BCUT2D eigenvalue weighted by molar-refractivity contribution is 7.99. The maximum atomic E-state index is 9.25. The summed E-state index contributed by atoms with van der Waals surface area (Å²) in [4.78, 5) is 1.01. The Hall–Kier alpha value is -1.14. The number of ether oxygens (including phenoxy) is 1. The molecule has 0 aliphatic heterocycles. The van der Waals surface area contributed by atoms with Crippen LogP contribution in [0.1, 0.15) is 39.2 Å². The molecule has 0 N–H and O–H groups in total. The first-order valence-corrected chi connectivity index (χ1v) is 7.50. The fraction of sp³-hybridized carbons (Fsp3) is 0.533. The molecule has 0 heterocycles. The van der Waals surface area contributed by atoms with Crippen LogP contribution in [0.3, 0.4) is 0 Å². The number of benzene rings is 1. The number of thioether (sulfide) groups is 1. The van der Waals surface area contributed by atoms with Gasteiger partial charge in [0.25, 0.3) is 0 Å². The summed E-state index contributed by atoms with van der Waals surface area (Å²) in [5.74, 6) is 2.22. The molecule has 1 aromatic rings. The van der Waals surface area contributed by atoms with Crippen LogP contribution in [0.25, 0.3) is 0 Å². The minimum absolute atomic E-state index is 0.532. The van der Waals surface area contributed by atoms with Crippen LogP contribution in [0.15, 0.2) is 23.1 Å². The van der Waals surface area contributed by atoms with Gasteiger partial charge in [0, 0.05) is 4.90 Å². The predicted molar refractivity (Wildman–Crippen MR) is 77.1 cm³/mol. The molecule has 1 atom stereocenters. The van der Waals surface area contributed by atoms with Crippen molar-refractivity contribution < 1.29 is 4.74 Å². The van der Waals surface area contributed by atoms with Gasteiger partial charge >= 0.3 is 0 Å². The summed E-state index contributed by atoms with van der Waals surface area (Å²) in [6, 6.07) is 8.08. The summed E-state index contributed by atoms with van der Waals surface area (Å²) < 4.78 is 5.79. The van der Waals surface area contributed by atoms with Crippen LogP contribution >= 0.6 is 11.8 Å². The molecule has 2 nitrogen and oxygen atoms in total. The average Bonchev–Trinajstić information content (AvgIpc) is 2.37. The van der Waals surface area contributed by atoms with E-state index in [-0.39, 0.29) is 0 Å². The zero-order valence-corrected chi connectivity index (χ0v) is 12.2. The van der Waals surface area contributed by atoms with Crippen LogP contribution in [-0.2, 0) is 0 Å². The topological polar surface area (TPSA) is 33.0 Å². The van der Waals surface area contributed by atoms with E-state index in [1.807, 2.05) is 18.2 Å². The molecule has 0 spiro atoms. The first-order valence-electron chi connectivity index (χ1n) is 6.51. The second-order valence-electron chi connectivity index (χ2n) is 4.38. The van der Waals surface area contributed by atoms with E-state index < -0.39 is 0 Å². The van der Waals surface area contributed by atoms with Gasteiger partial charge in [0.15, 0.2) is 0 Å². The van der Waals surface area contributed by atoms with Crippen LogP contribution in [0.2, 0.25) is 0 Å². The van der Waals surface area contributed by atoms with E-state index in [1.54, 1.807) is 11.8 Å². The van der Waals surface area contributed by atoms with Gasteiger partial charge in [-0.25, -0.2) is 0 Å². The molecule has 0 bridgehead atoms. The Bertz CT molecular complexity index is 411. The zero-order chi connectivity index (χ0) is 13.4. The SMILES string of the molecule is CCCC(C)COc1cccc(SCC)c1C#N. The first kappa shape index (κ1) is 14.9. The second-order valence-corrected chi connectivity index (χ2v) is 5.68. The smallest absolute Gasteiger partial charge is 0.138 e. The molecule has 0 fully saturated rings. The molecule has 0 aliphatic carbocycles. The number of nitrogens with zero attached hydrogens (tertiary/aromatic N) is 1. The Morgan fingerprint density at radius 3 is 2.78 bits per heavy atom. The summed E-state index contributed by atoms with van der Waals surface area (Å²) >= 11 is 1.68. The molecule has 1 aromatic carbocycles. The Morgan fingerprint density at radius 2 is 2.17 bits per heavy atom. The maximum absolute atomic E-state index is 9.25. The number of hydrogen-bond acceptors (Lipinski definition) is 3. The minimum atomic E-state index is 0.532. The molecule has 18 heavy (non-hydrogen) atoms. The molecule has 0 radical (unpaired) electrons. The minimum Gasteiger partial charge on any atom is -0.492 e. The normalized spacial score (nSPS) is 11.9. The Kier molecular flexibility index (Phi) is 6.67. The lowest BCUT2D eigenvalue weighted by atomic mass is 10.1. The summed E-state index contributed by atoms with van der Waals surface area (Å²) in [5, 5.41) is 9.25. The fourth-order valence-electron chi connectivity index (χ4n) is 1.83. The van der Waals surface area contributed by atoms with Crippen LogP contribution in [-0.4, -0.2) is 12.4 Å². The average molecular weight is 263 g/mol. The molecule has 1 unspecified atom stereocenters. The highest BCUT2D eigenvalue weighted by Crippen LogP contribution is 2.29. The summed E-state index contributed by atoms with van der Waals surface area (Å²) in [6.07, 6.45) is 2.33. The Morgan fingerprint density at radius 1 is 1.39 bits per heavy atom. The van der Waals surface area contributed by atoms with E-state index in [1.165, 1.54) is 6.42 Å². The van der Waals surface area contributed by atoms with Crippen molar-refractivity contribution in [3.63, 3.8) is 0 Å². The van der Waals surface area contributed by atoms with E-state index in [0.717, 1.165) is 22.8 Å². The van der Waals surface area contributed by atoms with Crippen LogP contribution in [0.4, 0.5) is 0 Å². The second kappa shape index (κ2) is 8.05. The molecule has 98 valence electrons. The molecule has 0 amide bonds. The van der Waals surface area contributed by atoms with Crippen molar-refractivity contribution in [1.82, 2.24) is 0 Å². The van der Waals surface area contributed by atoms with Gasteiger partial charge in [-0.2, -0.15) is 5.26 Å². The van der Waals surface area contributed by atoms with E-state index in [2.05, 4.69) is 26.8 Å². The third-order valence-electron chi connectivity index (χ3n) is 2.70. The number of rotatable bonds is 7. The third-order valence-corrected chi connectivity index (χ3v) is 3.64. The van der Waals surface area contributed by atoms with Gasteiger partial charge in [0.2, 0.25) is 0 Å². The monoisotopic (exact) mass is 263 g/mol. The quantitative estimate of drug-likeness (QED) is 0.680. The lowest BCUT2D eigenvalue weighted by molar-refractivity contribution is 0.250. The summed E-state index contributed by atoms with van der Waals surface area (Å²) in [5.41, 5.74) is 0.674. The predicted octanol–water partition coefficient (Wildman–Crippen LogP) is 4.49. The standard InChI is InChI=1S/C15H21NOS/c1-4-7-12(3)11-17-14-8-6-9-15(18-5-2)13(14)10-16/h6,8-9,12H,4-5,7,11H2,1-3H3. The van der Waals surface area contributed by atoms with Gasteiger partial charge in [-0.15, -0.1) is 11.8 Å². The fourth-order valence-corrected chi connectivity index (χ4v) is 2.60. The highest BCUT2D eigenvalue weighted by atomic mass is 32.2. The van der Waals surface area contributed by atoms with Gasteiger partial charge in [0.1, 0.15) is 17.4 Å². The molecule has 1 rings (SSSR count). The van der Waals surface area contributed by atoms with E-state index in [9.17, 15) is 5.26 Å². The largest absolute Gasteiger partial charge is 0.492 e. The van der Waals surface area contributed by atoms with Crippen LogP contribution in [0.5, 0.6) is 5.75 Å². The maximum Gasteiger partial charge on any atom is 0.138 e. The molecule has 3 heteroatoms. The van der Waals surface area contributed by atoms with Crippen LogP contribution < -0.4 is 4.74 Å². The van der Waals surface area contributed by atoms with Crippen molar-refractivity contribution in [3.05, 3.63) is 23.8 Å². The van der Waals surface area contributed by atoms with Gasteiger partial charge in [-0.1, -0.05) is 33.3 Å². The van der Waals surface area contributed by atoms with Crippen molar-refractivity contribution >= 4 is 11.8 Å². The molecule has 0 aromatic heterocycles. The Balaban J connectivity index is 2.76. The zero-order valence-electron chi connectivity index (χ0n) is 11.4. The lowest BCUT2D eigenvalue weighted by Crippen LogP contribution is -2.09. The molecule has 0 aliphatic rings. The van der Waals surface area contributed by atoms with E-state index in [0.29, 0.717) is 18.1 Å². The molecular formula is C15H21NOS. The van der Waals surface area contributed by atoms with E-state index in [4.69, 9.17) is 4.74 Å². The van der Waals surface area contributed by atoms with E-state index >= 15 is 0 Å². The summed E-state index contributed by atoms with van der Waals surface area (Å²) in [6.45, 7) is 7.13. The number of nitriles is 1. The van der Waals surface area contributed by atoms with Crippen LogP contribution in [0, 0.1) is 17.2 Å². The molecular weight excluding hydrogens is 242 g/mol. The third kappa shape index (κ3) is 4.27. The Labute approximate surface area is 114 Å². The lowest BCUT2D eigenvalue weighted by Gasteiger charge is -2.14. The van der Waals surface area contributed by atoms with Gasteiger partial charge < -0.3 is 4.74 Å². The van der Waals surface area contributed by atoms with Crippen molar-refractivity contribution in [2.24, 2.45) is 5.92 Å².